The molecule has 1 saturated heterocycles. The van der Waals surface area contributed by atoms with Gasteiger partial charge in [-0.05, 0) is 24.7 Å². The smallest absolute Gasteiger partial charge is 0.249 e. The van der Waals surface area contributed by atoms with Crippen LogP contribution in [-0.2, 0) is 9.53 Å². The van der Waals surface area contributed by atoms with Crippen molar-refractivity contribution in [2.45, 2.75) is 58.3 Å². The largest absolute Gasteiger partial charge is 0.396 e. The molecule has 0 saturated carbocycles. The van der Waals surface area contributed by atoms with Crippen LogP contribution in [0.4, 0.5) is 0 Å². The number of ether oxygens (including phenoxy) is 1. The molecule has 5 nitrogen and oxygen atoms in total. The lowest BCUT2D eigenvalue weighted by Gasteiger charge is -2.32. The number of amides is 1. The predicted octanol–water partition coefficient (Wildman–Crippen LogP) is 0.406. The molecule has 106 valence electrons. The van der Waals surface area contributed by atoms with Crippen molar-refractivity contribution in [2.75, 3.05) is 13.2 Å². The van der Waals surface area contributed by atoms with E-state index < -0.39 is 0 Å². The van der Waals surface area contributed by atoms with Crippen molar-refractivity contribution in [1.82, 2.24) is 5.32 Å². The number of aliphatic hydroxyl groups is 1. The summed E-state index contributed by atoms with van der Waals surface area (Å²) in [6, 6.07) is -0.0458. The van der Waals surface area contributed by atoms with Crippen LogP contribution in [-0.4, -0.2) is 42.4 Å². The summed E-state index contributed by atoms with van der Waals surface area (Å²) >= 11 is 0. The minimum Gasteiger partial charge on any atom is -0.396 e. The summed E-state index contributed by atoms with van der Waals surface area (Å²) in [5, 5.41) is 12.0. The highest BCUT2D eigenvalue weighted by Crippen LogP contribution is 2.24. The summed E-state index contributed by atoms with van der Waals surface area (Å²) in [6.07, 6.45) is 1.74. The molecule has 0 aromatic rings. The zero-order valence-electron chi connectivity index (χ0n) is 11.6. The molecule has 0 aliphatic carbocycles. The van der Waals surface area contributed by atoms with Crippen LogP contribution in [0.1, 0.15) is 40.0 Å². The van der Waals surface area contributed by atoms with Crippen molar-refractivity contribution >= 4 is 5.91 Å². The van der Waals surface area contributed by atoms with Crippen LogP contribution in [0.5, 0.6) is 0 Å². The fourth-order valence-electron chi connectivity index (χ4n) is 2.19. The third-order valence-electron chi connectivity index (χ3n) is 3.44. The zero-order valence-corrected chi connectivity index (χ0v) is 11.6. The number of hydrogen-bond acceptors (Lipinski definition) is 4. The van der Waals surface area contributed by atoms with Gasteiger partial charge in [-0.1, -0.05) is 20.8 Å². The quantitative estimate of drug-likeness (QED) is 0.666. The van der Waals surface area contributed by atoms with Crippen molar-refractivity contribution in [3.8, 4) is 0 Å². The Hall–Kier alpha value is -0.650. The number of carbonyl (C=O) groups excluding carboxylic acids is 1. The van der Waals surface area contributed by atoms with Crippen molar-refractivity contribution in [3.05, 3.63) is 0 Å². The molecular weight excluding hydrogens is 232 g/mol. The second-order valence-electron chi connectivity index (χ2n) is 6.00. The molecule has 3 atom stereocenters. The van der Waals surface area contributed by atoms with E-state index in [-0.39, 0.29) is 36.2 Å². The van der Waals surface area contributed by atoms with Gasteiger partial charge in [0.1, 0.15) is 6.10 Å². The standard InChI is InChI=1S/C13H26N2O3/c1-13(2,3)11(6-7-16)15-12(17)10-5-4-9(8-14)18-10/h9-11,16H,4-8,14H2,1-3H3,(H,15,17). The lowest BCUT2D eigenvalue weighted by Crippen LogP contribution is -2.48. The van der Waals surface area contributed by atoms with Crippen LogP contribution in [0.15, 0.2) is 0 Å². The monoisotopic (exact) mass is 258 g/mol. The normalized spacial score (nSPS) is 26.1. The van der Waals surface area contributed by atoms with Crippen LogP contribution in [0, 0.1) is 5.41 Å². The van der Waals surface area contributed by atoms with Gasteiger partial charge in [0, 0.05) is 19.2 Å². The van der Waals surface area contributed by atoms with Crippen LogP contribution in [0.3, 0.4) is 0 Å². The Balaban J connectivity index is 2.52. The fraction of sp³-hybridized carbons (Fsp3) is 0.923. The van der Waals surface area contributed by atoms with Gasteiger partial charge in [0.25, 0.3) is 0 Å². The maximum Gasteiger partial charge on any atom is 0.249 e. The summed E-state index contributed by atoms with van der Waals surface area (Å²) in [6.45, 7) is 6.67. The van der Waals surface area contributed by atoms with E-state index in [9.17, 15) is 4.79 Å². The van der Waals surface area contributed by atoms with E-state index in [0.29, 0.717) is 13.0 Å². The summed E-state index contributed by atoms with van der Waals surface area (Å²) in [7, 11) is 0. The molecule has 4 N–H and O–H groups in total. The molecular formula is C13H26N2O3. The van der Waals surface area contributed by atoms with E-state index in [0.717, 1.165) is 12.8 Å². The van der Waals surface area contributed by atoms with Crippen LogP contribution < -0.4 is 11.1 Å². The van der Waals surface area contributed by atoms with Crippen LogP contribution >= 0.6 is 0 Å². The van der Waals surface area contributed by atoms with Gasteiger partial charge in [0.15, 0.2) is 0 Å². The maximum absolute atomic E-state index is 12.1. The Morgan fingerprint density at radius 2 is 2.17 bits per heavy atom. The van der Waals surface area contributed by atoms with Crippen molar-refractivity contribution in [2.24, 2.45) is 11.1 Å². The van der Waals surface area contributed by atoms with Gasteiger partial charge in [-0.25, -0.2) is 0 Å². The van der Waals surface area contributed by atoms with Gasteiger partial charge >= 0.3 is 0 Å². The third kappa shape index (κ3) is 4.23. The van der Waals surface area contributed by atoms with E-state index in [1.54, 1.807) is 0 Å². The Morgan fingerprint density at radius 3 is 2.61 bits per heavy atom. The van der Waals surface area contributed by atoms with E-state index >= 15 is 0 Å². The number of nitrogens with one attached hydrogen (secondary N) is 1. The molecule has 0 aromatic carbocycles. The number of hydrogen-bond donors (Lipinski definition) is 3. The van der Waals surface area contributed by atoms with Crippen molar-refractivity contribution in [3.63, 3.8) is 0 Å². The third-order valence-corrected chi connectivity index (χ3v) is 3.44. The van der Waals surface area contributed by atoms with Crippen molar-refractivity contribution in [1.29, 1.82) is 0 Å². The molecule has 5 heteroatoms. The molecule has 0 radical (unpaired) electrons. The minimum absolute atomic E-state index is 0.00618. The molecule has 0 spiro atoms. The minimum atomic E-state index is -0.387. The Morgan fingerprint density at radius 1 is 1.50 bits per heavy atom. The summed E-state index contributed by atoms with van der Waals surface area (Å²) in [4.78, 5) is 12.1. The van der Waals surface area contributed by atoms with E-state index in [2.05, 4.69) is 5.32 Å². The average Bonchev–Trinajstić information content (AvgIpc) is 2.75. The van der Waals surface area contributed by atoms with E-state index in [1.165, 1.54) is 0 Å². The number of aliphatic hydroxyl groups excluding tert-OH is 1. The highest BCUT2D eigenvalue weighted by molar-refractivity contribution is 5.81. The topological polar surface area (TPSA) is 84.6 Å². The first-order valence-corrected chi connectivity index (χ1v) is 6.65. The summed E-state index contributed by atoms with van der Waals surface area (Å²) in [5.41, 5.74) is 5.45. The Labute approximate surface area is 109 Å². The average molecular weight is 258 g/mol. The fourth-order valence-corrected chi connectivity index (χ4v) is 2.19. The molecule has 1 amide bonds. The molecule has 1 aliphatic rings. The zero-order chi connectivity index (χ0) is 13.8. The van der Waals surface area contributed by atoms with E-state index in [4.69, 9.17) is 15.6 Å². The molecule has 1 fully saturated rings. The maximum atomic E-state index is 12.1. The van der Waals surface area contributed by atoms with Gasteiger partial charge in [0.2, 0.25) is 5.91 Å². The van der Waals surface area contributed by atoms with Crippen LogP contribution in [0.25, 0.3) is 0 Å². The highest BCUT2D eigenvalue weighted by atomic mass is 16.5. The summed E-state index contributed by atoms with van der Waals surface area (Å²) < 4.78 is 5.56. The molecule has 1 aliphatic heterocycles. The first-order valence-electron chi connectivity index (χ1n) is 6.65. The van der Waals surface area contributed by atoms with Gasteiger partial charge in [-0.15, -0.1) is 0 Å². The van der Waals surface area contributed by atoms with E-state index in [1.807, 2.05) is 20.8 Å². The molecule has 1 rings (SSSR count). The predicted molar refractivity (Wildman–Crippen MR) is 70.0 cm³/mol. The first-order chi connectivity index (χ1) is 8.38. The molecule has 18 heavy (non-hydrogen) atoms. The number of carbonyl (C=O) groups is 1. The lowest BCUT2D eigenvalue weighted by molar-refractivity contribution is -0.133. The second kappa shape index (κ2) is 6.50. The van der Waals surface area contributed by atoms with Crippen molar-refractivity contribution < 1.29 is 14.6 Å². The number of rotatable bonds is 5. The van der Waals surface area contributed by atoms with Gasteiger partial charge < -0.3 is 20.9 Å². The molecule has 0 aromatic heterocycles. The Bertz CT molecular complexity index is 276. The van der Waals surface area contributed by atoms with Crippen LogP contribution in [0.2, 0.25) is 0 Å². The molecule has 3 unspecified atom stereocenters. The summed E-state index contributed by atoms with van der Waals surface area (Å²) in [5.74, 6) is -0.0840. The second-order valence-corrected chi connectivity index (χ2v) is 6.00. The number of nitrogens with two attached hydrogens (primary N) is 1. The molecule has 0 bridgehead atoms. The SMILES string of the molecule is CC(C)(C)C(CCO)NC(=O)C1CCC(CN)O1. The van der Waals surface area contributed by atoms with Gasteiger partial charge in [-0.2, -0.15) is 0 Å². The van der Waals surface area contributed by atoms with Gasteiger partial charge in [0.05, 0.1) is 6.10 Å². The first kappa shape index (κ1) is 15.4. The highest BCUT2D eigenvalue weighted by Gasteiger charge is 2.33. The lowest BCUT2D eigenvalue weighted by atomic mass is 9.85. The van der Waals surface area contributed by atoms with Gasteiger partial charge in [-0.3, -0.25) is 4.79 Å². The Kier molecular flexibility index (Phi) is 5.56. The molecule has 1 heterocycles.